The summed E-state index contributed by atoms with van der Waals surface area (Å²) < 4.78 is 0. The molecule has 66 valence electrons. The third-order valence-electron chi connectivity index (χ3n) is 1.36. The molecule has 5 heteroatoms. The van der Waals surface area contributed by atoms with Crippen LogP contribution >= 0.6 is 22.9 Å². The monoisotopic (exact) mass is 205 g/mol. The van der Waals surface area contributed by atoms with E-state index in [4.69, 9.17) is 16.7 Å². The summed E-state index contributed by atoms with van der Waals surface area (Å²) in [6.07, 6.45) is 0.752. The fourth-order valence-electron chi connectivity index (χ4n) is 0.810. The molecule has 0 unspecified atom stereocenters. The molecule has 0 amide bonds. The van der Waals surface area contributed by atoms with E-state index < -0.39 is 5.97 Å². The largest absolute Gasteiger partial charge is 0.477 e. The number of hydrogen-bond donors (Lipinski definition) is 1. The summed E-state index contributed by atoms with van der Waals surface area (Å²) >= 11 is 6.72. The molecule has 1 rings (SSSR count). The van der Waals surface area contributed by atoms with Crippen molar-refractivity contribution in [3.8, 4) is 0 Å². The van der Waals surface area contributed by atoms with Gasteiger partial charge in [0.1, 0.15) is 4.88 Å². The van der Waals surface area contributed by atoms with E-state index >= 15 is 0 Å². The zero-order valence-corrected chi connectivity index (χ0v) is 8.08. The van der Waals surface area contributed by atoms with Gasteiger partial charge in [-0.3, -0.25) is 0 Å². The number of halogens is 1. The number of carboxylic acids is 1. The minimum Gasteiger partial charge on any atom is -0.477 e. The summed E-state index contributed by atoms with van der Waals surface area (Å²) in [4.78, 5) is 15.0. The lowest BCUT2D eigenvalue weighted by molar-refractivity contribution is 0.0701. The van der Waals surface area contributed by atoms with Crippen molar-refractivity contribution in [1.82, 2.24) is 4.98 Å². The first kappa shape index (κ1) is 9.48. The molecule has 0 aliphatic rings. The Morgan fingerprint density at radius 1 is 1.75 bits per heavy atom. The number of aryl methyl sites for hydroxylation is 1. The highest BCUT2D eigenvalue weighted by Crippen LogP contribution is 2.20. The van der Waals surface area contributed by atoms with Crippen LogP contribution in [0.1, 0.15) is 27.3 Å². The van der Waals surface area contributed by atoms with Gasteiger partial charge in [0, 0.05) is 0 Å². The maximum atomic E-state index is 10.6. The molecule has 0 saturated heterocycles. The molecular formula is C7H8ClNO2S. The highest BCUT2D eigenvalue weighted by atomic mass is 35.5. The summed E-state index contributed by atoms with van der Waals surface area (Å²) in [6.45, 7) is 1.93. The Balaban J connectivity index is 3.08. The number of carboxylic acid groups (broad SMARTS) is 1. The first-order chi connectivity index (χ1) is 5.69. The first-order valence-corrected chi connectivity index (χ1v) is 4.82. The van der Waals surface area contributed by atoms with E-state index in [0.717, 1.165) is 11.4 Å². The van der Waals surface area contributed by atoms with Gasteiger partial charge in [0.2, 0.25) is 0 Å². The number of aromatic nitrogens is 1. The zero-order valence-electron chi connectivity index (χ0n) is 6.50. The number of nitrogens with zero attached hydrogens (tertiary/aromatic N) is 1. The lowest BCUT2D eigenvalue weighted by atomic mass is 10.4. The van der Waals surface area contributed by atoms with E-state index in [1.807, 2.05) is 6.92 Å². The standard InChI is InChI=1S/C7H8ClNO2S/c1-2-5-9-4(3-8)6(12-5)7(10)11/h2-3H2,1H3,(H,10,11). The van der Waals surface area contributed by atoms with Crippen LogP contribution in [-0.4, -0.2) is 16.1 Å². The average molecular weight is 206 g/mol. The Bertz CT molecular complexity index is 298. The van der Waals surface area contributed by atoms with Crippen LogP contribution in [0.5, 0.6) is 0 Å². The van der Waals surface area contributed by atoms with Crippen LogP contribution in [-0.2, 0) is 12.3 Å². The van der Waals surface area contributed by atoms with Crippen LogP contribution in [0.4, 0.5) is 0 Å². The number of alkyl halides is 1. The molecule has 0 saturated carbocycles. The van der Waals surface area contributed by atoms with Crippen LogP contribution in [0.3, 0.4) is 0 Å². The summed E-state index contributed by atoms with van der Waals surface area (Å²) in [5, 5.41) is 9.54. The smallest absolute Gasteiger partial charge is 0.347 e. The fourth-order valence-corrected chi connectivity index (χ4v) is 1.94. The highest BCUT2D eigenvalue weighted by Gasteiger charge is 2.15. The second-order valence-corrected chi connectivity index (χ2v) is 3.53. The molecule has 0 aromatic carbocycles. The van der Waals surface area contributed by atoms with Gasteiger partial charge >= 0.3 is 5.97 Å². The maximum Gasteiger partial charge on any atom is 0.347 e. The molecule has 1 heterocycles. The van der Waals surface area contributed by atoms with Crippen LogP contribution in [0.25, 0.3) is 0 Å². The second kappa shape index (κ2) is 3.87. The summed E-state index contributed by atoms with van der Waals surface area (Å²) in [7, 11) is 0. The van der Waals surface area contributed by atoms with Gasteiger partial charge in [-0.05, 0) is 6.42 Å². The van der Waals surface area contributed by atoms with Crippen molar-refractivity contribution in [3.63, 3.8) is 0 Å². The molecule has 0 aliphatic carbocycles. The first-order valence-electron chi connectivity index (χ1n) is 3.46. The lowest BCUT2D eigenvalue weighted by Crippen LogP contribution is -1.96. The number of hydrogen-bond acceptors (Lipinski definition) is 3. The molecule has 0 aliphatic heterocycles. The molecule has 0 atom stereocenters. The van der Waals surface area contributed by atoms with Crippen molar-refractivity contribution in [2.24, 2.45) is 0 Å². The van der Waals surface area contributed by atoms with E-state index in [0.29, 0.717) is 5.69 Å². The average Bonchev–Trinajstić information content (AvgIpc) is 2.47. The topological polar surface area (TPSA) is 50.2 Å². The van der Waals surface area contributed by atoms with Gasteiger partial charge in [-0.25, -0.2) is 9.78 Å². The van der Waals surface area contributed by atoms with E-state index in [1.54, 1.807) is 0 Å². The predicted octanol–water partition coefficient (Wildman–Crippen LogP) is 2.14. The summed E-state index contributed by atoms with van der Waals surface area (Å²) in [5.74, 6) is -0.777. The highest BCUT2D eigenvalue weighted by molar-refractivity contribution is 7.13. The third kappa shape index (κ3) is 1.76. The van der Waals surface area contributed by atoms with Gasteiger partial charge in [-0.2, -0.15) is 0 Å². The van der Waals surface area contributed by atoms with E-state index in [1.165, 1.54) is 11.3 Å². The van der Waals surface area contributed by atoms with Gasteiger partial charge in [-0.1, -0.05) is 6.92 Å². The van der Waals surface area contributed by atoms with Crippen LogP contribution < -0.4 is 0 Å². The lowest BCUT2D eigenvalue weighted by Gasteiger charge is -1.88. The van der Waals surface area contributed by atoms with Crippen molar-refractivity contribution >= 4 is 28.9 Å². The van der Waals surface area contributed by atoms with Crippen molar-refractivity contribution in [2.75, 3.05) is 0 Å². The van der Waals surface area contributed by atoms with Crippen molar-refractivity contribution in [1.29, 1.82) is 0 Å². The summed E-state index contributed by atoms with van der Waals surface area (Å²) in [5.41, 5.74) is 0.478. The SMILES string of the molecule is CCc1nc(CCl)c(C(=O)O)s1. The van der Waals surface area contributed by atoms with Crippen LogP contribution in [0.15, 0.2) is 0 Å². The molecule has 0 radical (unpaired) electrons. The number of rotatable bonds is 3. The van der Waals surface area contributed by atoms with Crippen molar-refractivity contribution in [2.45, 2.75) is 19.2 Å². The second-order valence-electron chi connectivity index (χ2n) is 2.18. The van der Waals surface area contributed by atoms with Gasteiger partial charge < -0.3 is 5.11 Å². The molecule has 12 heavy (non-hydrogen) atoms. The number of thiazole rings is 1. The number of carbonyl (C=O) groups is 1. The third-order valence-corrected chi connectivity index (χ3v) is 2.85. The Labute approximate surface area is 79.0 Å². The predicted molar refractivity (Wildman–Crippen MR) is 48.0 cm³/mol. The maximum absolute atomic E-state index is 10.6. The van der Waals surface area contributed by atoms with E-state index in [-0.39, 0.29) is 10.8 Å². The molecule has 1 N–H and O–H groups in total. The Hall–Kier alpha value is -0.610. The minimum absolute atomic E-state index is 0.165. The van der Waals surface area contributed by atoms with Gasteiger partial charge in [0.25, 0.3) is 0 Å². The fraction of sp³-hybridized carbons (Fsp3) is 0.429. The van der Waals surface area contributed by atoms with Crippen molar-refractivity contribution in [3.05, 3.63) is 15.6 Å². The Morgan fingerprint density at radius 2 is 2.42 bits per heavy atom. The normalized spacial score (nSPS) is 10.2. The van der Waals surface area contributed by atoms with Gasteiger partial charge in [0.05, 0.1) is 16.6 Å². The molecule has 0 fully saturated rings. The van der Waals surface area contributed by atoms with Crippen LogP contribution in [0, 0.1) is 0 Å². The van der Waals surface area contributed by atoms with Crippen molar-refractivity contribution < 1.29 is 9.90 Å². The molecule has 0 bridgehead atoms. The molecule has 1 aromatic heterocycles. The zero-order chi connectivity index (χ0) is 9.14. The van der Waals surface area contributed by atoms with E-state index in [9.17, 15) is 4.79 Å². The van der Waals surface area contributed by atoms with Gasteiger partial charge in [-0.15, -0.1) is 22.9 Å². The Kier molecular flexibility index (Phi) is 3.05. The van der Waals surface area contributed by atoms with Gasteiger partial charge in [0.15, 0.2) is 0 Å². The molecule has 3 nitrogen and oxygen atoms in total. The number of aromatic carboxylic acids is 1. The Morgan fingerprint density at radius 3 is 2.75 bits per heavy atom. The van der Waals surface area contributed by atoms with Crippen LogP contribution in [0.2, 0.25) is 0 Å². The molecule has 1 aromatic rings. The molecule has 0 spiro atoms. The minimum atomic E-state index is -0.942. The quantitative estimate of drug-likeness (QED) is 0.770. The molecular weight excluding hydrogens is 198 g/mol. The summed E-state index contributed by atoms with van der Waals surface area (Å²) in [6, 6.07) is 0. The van der Waals surface area contributed by atoms with E-state index in [2.05, 4.69) is 4.98 Å².